The number of hydrogen-bond donors (Lipinski definition) is 1. The monoisotopic (exact) mass is 360 g/mol. The first-order chi connectivity index (χ1) is 10.1. The predicted molar refractivity (Wildman–Crippen MR) is 91.5 cm³/mol. The van der Waals surface area contributed by atoms with Crippen LogP contribution in [0, 0.1) is 0 Å². The van der Waals surface area contributed by atoms with Crippen LogP contribution < -0.4 is 5.73 Å². The molecule has 0 amide bonds. The number of rotatable bonds is 3. The zero-order chi connectivity index (χ0) is 14.8. The quantitative estimate of drug-likeness (QED) is 0.721. The van der Waals surface area contributed by atoms with E-state index in [4.69, 9.17) is 17.3 Å². The highest BCUT2D eigenvalue weighted by Gasteiger charge is 2.15. The maximum absolute atomic E-state index is 6.34. The van der Waals surface area contributed by atoms with E-state index in [1.165, 1.54) is 0 Å². The van der Waals surface area contributed by atoms with Gasteiger partial charge in [0.2, 0.25) is 0 Å². The lowest BCUT2D eigenvalue weighted by atomic mass is 10.0. The lowest BCUT2D eigenvalue weighted by Gasteiger charge is -2.15. The highest BCUT2D eigenvalue weighted by atomic mass is 79.9. The summed E-state index contributed by atoms with van der Waals surface area (Å²) in [5.74, 6) is 0. The zero-order valence-electron chi connectivity index (χ0n) is 11.3. The zero-order valence-corrected chi connectivity index (χ0v) is 13.6. The van der Waals surface area contributed by atoms with Crippen molar-refractivity contribution in [2.45, 2.75) is 12.5 Å². The van der Waals surface area contributed by atoms with Gasteiger partial charge in [0.1, 0.15) is 0 Å². The summed E-state index contributed by atoms with van der Waals surface area (Å²) in [5.41, 5.74) is 9.18. The Balaban J connectivity index is 1.96. The summed E-state index contributed by atoms with van der Waals surface area (Å²) in [6, 6.07) is 17.6. The summed E-state index contributed by atoms with van der Waals surface area (Å²) in [5, 5.41) is 1.84. The summed E-state index contributed by atoms with van der Waals surface area (Å²) < 4.78 is 0.931. The Kier molecular flexibility index (Phi) is 4.24. The number of fused-ring (bicyclic) bond motifs is 1. The van der Waals surface area contributed by atoms with E-state index in [0.29, 0.717) is 6.42 Å². The topological polar surface area (TPSA) is 38.9 Å². The average Bonchev–Trinajstić information content (AvgIpc) is 2.49. The van der Waals surface area contributed by atoms with Gasteiger partial charge in [-0.1, -0.05) is 48.0 Å². The highest BCUT2D eigenvalue weighted by molar-refractivity contribution is 9.10. The van der Waals surface area contributed by atoms with Crippen molar-refractivity contribution in [3.05, 3.63) is 75.4 Å². The fourth-order valence-corrected chi connectivity index (χ4v) is 3.20. The van der Waals surface area contributed by atoms with E-state index < -0.39 is 0 Å². The van der Waals surface area contributed by atoms with E-state index >= 15 is 0 Å². The van der Waals surface area contributed by atoms with Gasteiger partial charge in [0.25, 0.3) is 0 Å². The third kappa shape index (κ3) is 3.10. The number of aromatic nitrogens is 1. The predicted octanol–water partition coefficient (Wildman–Crippen LogP) is 4.89. The molecule has 3 rings (SSSR count). The molecule has 21 heavy (non-hydrogen) atoms. The normalized spacial score (nSPS) is 12.5. The van der Waals surface area contributed by atoms with Gasteiger partial charge in [0.05, 0.1) is 17.3 Å². The second-order valence-corrected chi connectivity index (χ2v) is 6.21. The van der Waals surface area contributed by atoms with Crippen LogP contribution in [0.2, 0.25) is 5.02 Å². The summed E-state index contributed by atoms with van der Waals surface area (Å²) >= 11 is 9.78. The molecule has 2 N–H and O–H groups in total. The second kappa shape index (κ2) is 6.14. The minimum Gasteiger partial charge on any atom is -0.322 e. The summed E-state index contributed by atoms with van der Waals surface area (Å²) in [6.45, 7) is 0. The molecule has 0 aliphatic carbocycles. The lowest BCUT2D eigenvalue weighted by molar-refractivity contribution is 0.696. The van der Waals surface area contributed by atoms with E-state index in [9.17, 15) is 0 Å². The smallest absolute Gasteiger partial charge is 0.0723 e. The Morgan fingerprint density at radius 1 is 1.10 bits per heavy atom. The minimum atomic E-state index is -0.205. The first kappa shape index (κ1) is 14.5. The molecule has 3 aromatic rings. The molecule has 0 saturated carbocycles. The van der Waals surface area contributed by atoms with Crippen molar-refractivity contribution in [2.75, 3.05) is 0 Å². The molecule has 106 valence electrons. The maximum Gasteiger partial charge on any atom is 0.0723 e. The molecular formula is C17H14BrClN2. The first-order valence-electron chi connectivity index (χ1n) is 6.69. The molecule has 2 nitrogen and oxygen atoms in total. The van der Waals surface area contributed by atoms with Crippen LogP contribution in [0.3, 0.4) is 0 Å². The fourth-order valence-electron chi connectivity index (χ4n) is 2.36. The van der Waals surface area contributed by atoms with Gasteiger partial charge in [-0.25, -0.2) is 4.98 Å². The number of nitrogens with two attached hydrogens (primary N) is 1. The van der Waals surface area contributed by atoms with E-state index in [0.717, 1.165) is 31.7 Å². The molecule has 0 radical (unpaired) electrons. The van der Waals surface area contributed by atoms with Crippen molar-refractivity contribution in [1.29, 1.82) is 0 Å². The van der Waals surface area contributed by atoms with Crippen molar-refractivity contribution in [2.24, 2.45) is 5.73 Å². The SMILES string of the molecule is NC(Cc1ccccc1Cl)c1nc2ccccc2cc1Br. The summed E-state index contributed by atoms with van der Waals surface area (Å²) in [7, 11) is 0. The molecule has 0 saturated heterocycles. The van der Waals surface area contributed by atoms with Crippen LogP contribution in [0.5, 0.6) is 0 Å². The molecule has 4 heteroatoms. The molecule has 0 aliphatic heterocycles. The minimum absolute atomic E-state index is 0.205. The molecule has 2 aromatic carbocycles. The number of para-hydroxylation sites is 1. The standard InChI is InChI=1S/C17H14BrClN2/c18-13-9-12-6-2-4-8-16(12)21-17(13)15(20)10-11-5-1-3-7-14(11)19/h1-9,15H,10,20H2. The molecule has 0 fully saturated rings. The van der Waals surface area contributed by atoms with E-state index in [1.807, 2.05) is 48.5 Å². The number of halogens is 2. The van der Waals surface area contributed by atoms with Gasteiger partial charge in [-0.3, -0.25) is 0 Å². The van der Waals surface area contributed by atoms with E-state index in [1.54, 1.807) is 0 Å². The van der Waals surface area contributed by atoms with Crippen LogP contribution in [-0.2, 0) is 6.42 Å². The Hall–Kier alpha value is -1.42. The highest BCUT2D eigenvalue weighted by Crippen LogP contribution is 2.28. The first-order valence-corrected chi connectivity index (χ1v) is 7.86. The van der Waals surface area contributed by atoms with Crippen molar-refractivity contribution in [3.63, 3.8) is 0 Å². The molecule has 0 bridgehead atoms. The molecular weight excluding hydrogens is 348 g/mol. The third-order valence-corrected chi connectivity index (χ3v) is 4.46. The number of pyridine rings is 1. The van der Waals surface area contributed by atoms with Gasteiger partial charge < -0.3 is 5.73 Å². The van der Waals surface area contributed by atoms with Crippen LogP contribution in [0.1, 0.15) is 17.3 Å². The maximum atomic E-state index is 6.34. The molecule has 1 unspecified atom stereocenters. The van der Waals surface area contributed by atoms with Gasteiger partial charge in [-0.2, -0.15) is 0 Å². The summed E-state index contributed by atoms with van der Waals surface area (Å²) in [4.78, 5) is 4.69. The summed E-state index contributed by atoms with van der Waals surface area (Å²) in [6.07, 6.45) is 0.656. The van der Waals surface area contributed by atoms with Crippen LogP contribution in [0.15, 0.2) is 59.1 Å². The average molecular weight is 362 g/mol. The second-order valence-electron chi connectivity index (χ2n) is 4.95. The molecule has 1 atom stereocenters. The third-order valence-electron chi connectivity index (χ3n) is 3.45. The largest absolute Gasteiger partial charge is 0.322 e. The Bertz CT molecular complexity index is 789. The van der Waals surface area contributed by atoms with Crippen molar-refractivity contribution in [1.82, 2.24) is 4.98 Å². The van der Waals surface area contributed by atoms with Crippen LogP contribution >= 0.6 is 27.5 Å². The Labute approximate surface area is 137 Å². The lowest BCUT2D eigenvalue weighted by Crippen LogP contribution is -2.16. The molecule has 0 aliphatic rings. The number of nitrogens with zero attached hydrogens (tertiary/aromatic N) is 1. The van der Waals surface area contributed by atoms with Gasteiger partial charge in [-0.15, -0.1) is 0 Å². The van der Waals surface area contributed by atoms with E-state index in [2.05, 4.69) is 27.0 Å². The van der Waals surface area contributed by atoms with Crippen molar-refractivity contribution < 1.29 is 0 Å². The van der Waals surface area contributed by atoms with E-state index in [-0.39, 0.29) is 6.04 Å². The molecule has 1 heterocycles. The van der Waals surface area contributed by atoms with Gasteiger partial charge >= 0.3 is 0 Å². The van der Waals surface area contributed by atoms with Crippen molar-refractivity contribution in [3.8, 4) is 0 Å². The number of hydrogen-bond acceptors (Lipinski definition) is 2. The van der Waals surface area contributed by atoms with Gasteiger partial charge in [0.15, 0.2) is 0 Å². The number of benzene rings is 2. The van der Waals surface area contributed by atoms with Gasteiger partial charge in [0, 0.05) is 14.9 Å². The van der Waals surface area contributed by atoms with Gasteiger partial charge in [-0.05, 0) is 46.1 Å². The fraction of sp³-hybridized carbons (Fsp3) is 0.118. The van der Waals surface area contributed by atoms with Crippen molar-refractivity contribution >= 4 is 38.4 Å². The van der Waals surface area contributed by atoms with Crippen LogP contribution in [0.25, 0.3) is 10.9 Å². The Morgan fingerprint density at radius 3 is 2.62 bits per heavy atom. The Morgan fingerprint density at radius 2 is 1.81 bits per heavy atom. The van der Waals surface area contributed by atoms with Crippen LogP contribution in [0.4, 0.5) is 0 Å². The molecule has 1 aromatic heterocycles. The molecule has 0 spiro atoms. The van der Waals surface area contributed by atoms with Crippen LogP contribution in [-0.4, -0.2) is 4.98 Å².